The van der Waals surface area contributed by atoms with Gasteiger partial charge in [-0.3, -0.25) is 0 Å². The normalized spacial score (nSPS) is 28.5. The second kappa shape index (κ2) is 3.31. The van der Waals surface area contributed by atoms with Crippen LogP contribution in [-0.4, -0.2) is 17.0 Å². The molecule has 0 aromatic heterocycles. The van der Waals surface area contributed by atoms with Crippen LogP contribution in [0.4, 0.5) is 5.69 Å². The molecule has 0 saturated carbocycles. The molecule has 1 aromatic carbocycles. The Morgan fingerprint density at radius 2 is 2.36 bits per heavy atom. The average molecular weight is 222 g/mol. The van der Waals surface area contributed by atoms with Crippen molar-refractivity contribution in [1.82, 2.24) is 0 Å². The standard InChI is InChI=1S/C11H12NS2/c1-13-11-12-9(7-14-11)6-8-4-2-3-5-10(8)12/h2-5,7,9,11H,6H2,1H3/q+1/t9-,11?/m1/s1. The zero-order valence-electron chi connectivity index (χ0n) is 8.01. The van der Waals surface area contributed by atoms with Crippen LogP contribution in [-0.2, 0) is 6.42 Å². The monoisotopic (exact) mass is 222 g/mol. The number of hydrogen-bond acceptors (Lipinski definition) is 3. The van der Waals surface area contributed by atoms with E-state index in [2.05, 4.69) is 41.2 Å². The molecule has 0 bridgehead atoms. The van der Waals surface area contributed by atoms with Crippen molar-refractivity contribution in [3.63, 3.8) is 0 Å². The number of anilines is 1. The maximum atomic E-state index is 2.55. The van der Waals surface area contributed by atoms with E-state index >= 15 is 0 Å². The van der Waals surface area contributed by atoms with Crippen LogP contribution in [0.2, 0.25) is 0 Å². The lowest BCUT2D eigenvalue weighted by Gasteiger charge is -2.19. The number of rotatable bonds is 1. The molecule has 1 fully saturated rings. The summed E-state index contributed by atoms with van der Waals surface area (Å²) in [6.45, 7) is 0. The number of hydrogen-bond donors (Lipinski definition) is 0. The molecule has 0 amide bonds. The number of thioether (sulfide) groups is 2. The van der Waals surface area contributed by atoms with Gasteiger partial charge in [-0.15, -0.1) is 11.8 Å². The third kappa shape index (κ3) is 1.15. The van der Waals surface area contributed by atoms with E-state index < -0.39 is 0 Å². The quantitative estimate of drug-likeness (QED) is 0.673. The van der Waals surface area contributed by atoms with E-state index in [1.807, 2.05) is 23.5 Å². The minimum absolute atomic E-state index is 0.587. The Hall–Kier alpha value is -0.410. The van der Waals surface area contributed by atoms with Crippen molar-refractivity contribution in [3.8, 4) is 0 Å². The van der Waals surface area contributed by atoms with Gasteiger partial charge >= 0.3 is 0 Å². The Morgan fingerprint density at radius 1 is 1.50 bits per heavy atom. The molecule has 2 heterocycles. The van der Waals surface area contributed by atoms with Crippen LogP contribution >= 0.6 is 23.5 Å². The third-order valence-corrected chi connectivity index (χ3v) is 5.31. The van der Waals surface area contributed by atoms with E-state index in [0.29, 0.717) is 10.7 Å². The first-order valence-corrected chi connectivity index (χ1v) is 7.01. The van der Waals surface area contributed by atoms with Gasteiger partial charge in [-0.05, 0) is 17.9 Å². The minimum atomic E-state index is 0.587. The number of nitrogens with zero attached hydrogens (tertiary/aromatic N) is 1. The molecule has 1 aromatic rings. The Labute approximate surface area is 93.3 Å². The molecule has 1 saturated heterocycles. The third-order valence-electron chi connectivity index (χ3n) is 2.84. The second-order valence-corrected chi connectivity index (χ2v) is 5.83. The zero-order chi connectivity index (χ0) is 9.54. The first-order chi connectivity index (χ1) is 6.90. The van der Waals surface area contributed by atoms with E-state index in [1.54, 1.807) is 0 Å². The van der Waals surface area contributed by atoms with Gasteiger partial charge in [0.15, 0.2) is 16.5 Å². The summed E-state index contributed by atoms with van der Waals surface area (Å²) in [4.78, 5) is 2.55. The molecule has 2 atom stereocenters. The lowest BCUT2D eigenvalue weighted by Crippen LogP contribution is -2.30. The van der Waals surface area contributed by atoms with Gasteiger partial charge in [0.1, 0.15) is 11.8 Å². The maximum Gasteiger partial charge on any atom is 0.188 e. The van der Waals surface area contributed by atoms with Crippen LogP contribution in [0.1, 0.15) is 5.56 Å². The fourth-order valence-electron chi connectivity index (χ4n) is 2.21. The predicted octanol–water partition coefficient (Wildman–Crippen LogP) is 2.97. The second-order valence-electron chi connectivity index (χ2n) is 3.62. The molecule has 3 heteroatoms. The average Bonchev–Trinajstić information content (AvgIpc) is 2.75. The number of benzene rings is 1. The molecular formula is C11H12NS2+. The number of fused-ring (bicyclic) bond motifs is 3. The summed E-state index contributed by atoms with van der Waals surface area (Å²) < 4.78 is 0.587. The van der Waals surface area contributed by atoms with Gasteiger partial charge in [-0.2, -0.15) is 0 Å². The van der Waals surface area contributed by atoms with E-state index in [4.69, 9.17) is 0 Å². The molecule has 3 rings (SSSR count). The predicted molar refractivity (Wildman–Crippen MR) is 65.6 cm³/mol. The van der Waals surface area contributed by atoms with E-state index in [0.717, 1.165) is 0 Å². The summed E-state index contributed by atoms with van der Waals surface area (Å²) in [7, 11) is 0. The summed E-state index contributed by atoms with van der Waals surface area (Å²) in [6, 6.07) is 9.42. The van der Waals surface area contributed by atoms with E-state index in [-0.39, 0.29) is 0 Å². The van der Waals surface area contributed by atoms with Crippen LogP contribution in [0.25, 0.3) is 0 Å². The summed E-state index contributed by atoms with van der Waals surface area (Å²) in [5.74, 6) is 2.39. The number of para-hydroxylation sites is 1. The van der Waals surface area contributed by atoms with Gasteiger partial charge in [0, 0.05) is 12.1 Å². The fraction of sp³-hybridized carbons (Fsp3) is 0.364. The summed E-state index contributed by atoms with van der Waals surface area (Å²) in [6.07, 6.45) is 3.38. The maximum absolute atomic E-state index is 2.55. The zero-order valence-corrected chi connectivity index (χ0v) is 9.65. The van der Waals surface area contributed by atoms with Gasteiger partial charge in [-0.1, -0.05) is 18.2 Å². The highest BCUT2D eigenvalue weighted by atomic mass is 32.2. The van der Waals surface area contributed by atoms with Crippen LogP contribution in [0.5, 0.6) is 0 Å². The largest absolute Gasteiger partial charge is 0.304 e. The van der Waals surface area contributed by atoms with Crippen LogP contribution in [0.15, 0.2) is 24.3 Å². The van der Waals surface area contributed by atoms with E-state index in [9.17, 15) is 0 Å². The van der Waals surface area contributed by atoms with Crippen molar-refractivity contribution < 1.29 is 0 Å². The summed E-state index contributed by atoms with van der Waals surface area (Å²) in [5.41, 5.74) is 2.95. The molecule has 0 aliphatic carbocycles. The lowest BCUT2D eigenvalue weighted by atomic mass is 10.1. The fourth-order valence-corrected chi connectivity index (χ4v) is 4.29. The smallest absolute Gasteiger partial charge is 0.188 e. The first kappa shape index (κ1) is 8.86. The molecule has 0 radical (unpaired) electrons. The SMILES string of the molecule is CSC1S[CH+][C@H]2Cc3ccccc3N12. The highest BCUT2D eigenvalue weighted by Gasteiger charge is 2.47. The molecular weight excluding hydrogens is 210 g/mol. The first-order valence-electron chi connectivity index (χ1n) is 4.78. The highest BCUT2D eigenvalue weighted by molar-refractivity contribution is 8.18. The van der Waals surface area contributed by atoms with Crippen molar-refractivity contribution in [3.05, 3.63) is 35.6 Å². The van der Waals surface area contributed by atoms with Crippen LogP contribution < -0.4 is 4.90 Å². The van der Waals surface area contributed by atoms with Crippen molar-refractivity contribution in [2.45, 2.75) is 17.2 Å². The Balaban J connectivity index is 2.02. The summed E-state index contributed by atoms with van der Waals surface area (Å²) in [5, 5.41) is 0. The lowest BCUT2D eigenvalue weighted by molar-refractivity contribution is 0.785. The minimum Gasteiger partial charge on any atom is -0.304 e. The van der Waals surface area contributed by atoms with Crippen molar-refractivity contribution >= 4 is 29.2 Å². The van der Waals surface area contributed by atoms with E-state index in [1.165, 1.54) is 17.7 Å². The molecule has 72 valence electrons. The topological polar surface area (TPSA) is 3.24 Å². The van der Waals surface area contributed by atoms with Crippen molar-refractivity contribution in [2.75, 3.05) is 11.2 Å². The van der Waals surface area contributed by atoms with Gasteiger partial charge in [0.05, 0.1) is 0 Å². The molecule has 2 aliphatic rings. The van der Waals surface area contributed by atoms with Crippen LogP contribution in [0, 0.1) is 5.75 Å². The highest BCUT2D eigenvalue weighted by Crippen LogP contribution is 2.47. The van der Waals surface area contributed by atoms with Gasteiger partial charge in [0.25, 0.3) is 0 Å². The molecule has 1 nitrogen and oxygen atoms in total. The summed E-state index contributed by atoms with van der Waals surface area (Å²) >= 11 is 3.89. The molecule has 14 heavy (non-hydrogen) atoms. The van der Waals surface area contributed by atoms with Gasteiger partial charge in [-0.25, -0.2) is 0 Å². The van der Waals surface area contributed by atoms with Crippen LogP contribution in [0.3, 0.4) is 0 Å². The molecule has 1 unspecified atom stereocenters. The van der Waals surface area contributed by atoms with Gasteiger partial charge < -0.3 is 4.90 Å². The van der Waals surface area contributed by atoms with Gasteiger partial charge in [0.2, 0.25) is 0 Å². The van der Waals surface area contributed by atoms with Crippen molar-refractivity contribution in [2.24, 2.45) is 0 Å². The molecule has 0 N–H and O–H groups in total. The molecule has 2 aliphatic heterocycles. The van der Waals surface area contributed by atoms with Crippen molar-refractivity contribution in [1.29, 1.82) is 0 Å². The Bertz CT molecular complexity index is 351. The molecule has 0 spiro atoms. The Morgan fingerprint density at radius 3 is 3.21 bits per heavy atom. The Kier molecular flexibility index (Phi) is 2.10.